The van der Waals surface area contributed by atoms with Gasteiger partial charge in [-0.05, 0) is 30.7 Å². The summed E-state index contributed by atoms with van der Waals surface area (Å²) < 4.78 is 15.9. The number of carbonyl (C=O) groups is 1. The van der Waals surface area contributed by atoms with E-state index in [9.17, 15) is 9.18 Å². The van der Waals surface area contributed by atoms with Crippen molar-refractivity contribution >= 4 is 11.7 Å². The molecule has 0 radical (unpaired) electrons. The predicted molar refractivity (Wildman–Crippen MR) is 84.2 cm³/mol. The van der Waals surface area contributed by atoms with Crippen molar-refractivity contribution in [2.75, 3.05) is 11.9 Å². The van der Waals surface area contributed by atoms with Gasteiger partial charge in [0, 0.05) is 25.0 Å². The van der Waals surface area contributed by atoms with Crippen molar-refractivity contribution in [2.45, 2.75) is 32.4 Å². The maximum Gasteiger partial charge on any atom is 0.322 e. The molecule has 2 amide bonds. The lowest BCUT2D eigenvalue weighted by molar-refractivity contribution is 0.163. The van der Waals surface area contributed by atoms with Gasteiger partial charge < -0.3 is 14.8 Å². The van der Waals surface area contributed by atoms with E-state index in [1.165, 1.54) is 6.07 Å². The fourth-order valence-corrected chi connectivity index (χ4v) is 3.03. The summed E-state index contributed by atoms with van der Waals surface area (Å²) in [5, 5.41) is 2.69. The van der Waals surface area contributed by atoms with Gasteiger partial charge in [0.2, 0.25) is 0 Å². The number of hydrogen-bond acceptors (Lipinski definition) is 1. The summed E-state index contributed by atoms with van der Waals surface area (Å²) in [6.45, 7) is 3.51. The molecule has 116 valence electrons. The lowest BCUT2D eigenvalue weighted by Gasteiger charge is -2.37. The number of nitrogens with zero attached hydrogens (tertiary/aromatic N) is 2. The largest absolute Gasteiger partial charge is 0.348 e. The van der Waals surface area contributed by atoms with Crippen LogP contribution in [0.2, 0.25) is 0 Å². The highest BCUT2D eigenvalue weighted by Crippen LogP contribution is 2.30. The number of amides is 2. The second-order valence-corrected chi connectivity index (χ2v) is 5.53. The van der Waals surface area contributed by atoms with Crippen LogP contribution in [-0.4, -0.2) is 22.0 Å². The Hall–Kier alpha value is -2.30. The van der Waals surface area contributed by atoms with Crippen molar-refractivity contribution in [3.05, 3.63) is 54.1 Å². The zero-order chi connectivity index (χ0) is 15.5. The highest BCUT2D eigenvalue weighted by molar-refractivity contribution is 5.89. The first-order chi connectivity index (χ1) is 10.7. The third kappa shape index (κ3) is 2.71. The molecular formula is C17H20FN3O. The van der Waals surface area contributed by atoms with Crippen LogP contribution in [0.1, 0.15) is 31.5 Å². The zero-order valence-corrected chi connectivity index (χ0v) is 12.6. The van der Waals surface area contributed by atoms with Crippen molar-refractivity contribution in [2.24, 2.45) is 0 Å². The molecule has 0 saturated carbocycles. The van der Waals surface area contributed by atoms with Gasteiger partial charge in [0.25, 0.3) is 0 Å². The molecule has 3 rings (SSSR count). The van der Waals surface area contributed by atoms with E-state index in [2.05, 4.69) is 22.9 Å². The van der Waals surface area contributed by atoms with Crippen molar-refractivity contribution in [1.82, 2.24) is 9.47 Å². The van der Waals surface area contributed by atoms with Crippen LogP contribution in [0.4, 0.5) is 14.9 Å². The smallest absolute Gasteiger partial charge is 0.322 e. The molecule has 0 saturated heterocycles. The maximum absolute atomic E-state index is 13.7. The number of aromatic nitrogens is 1. The number of fused-ring (bicyclic) bond motifs is 1. The Balaban J connectivity index is 1.81. The van der Waals surface area contributed by atoms with E-state index in [4.69, 9.17) is 0 Å². The topological polar surface area (TPSA) is 37.3 Å². The van der Waals surface area contributed by atoms with Crippen molar-refractivity contribution < 1.29 is 9.18 Å². The molecule has 0 bridgehead atoms. The van der Waals surface area contributed by atoms with E-state index in [0.29, 0.717) is 6.54 Å². The molecular weight excluding hydrogens is 281 g/mol. The van der Waals surface area contributed by atoms with E-state index in [1.807, 2.05) is 17.2 Å². The predicted octanol–water partition coefficient (Wildman–Crippen LogP) is 4.02. The fraction of sp³-hybridized carbons (Fsp3) is 0.353. The first-order valence-electron chi connectivity index (χ1n) is 7.68. The van der Waals surface area contributed by atoms with Crippen molar-refractivity contribution in [1.29, 1.82) is 0 Å². The molecule has 2 aromatic rings. The molecule has 1 aromatic carbocycles. The third-order valence-corrected chi connectivity index (χ3v) is 4.10. The number of benzene rings is 1. The van der Waals surface area contributed by atoms with Crippen LogP contribution < -0.4 is 5.32 Å². The van der Waals surface area contributed by atoms with Crippen LogP contribution in [0.15, 0.2) is 42.6 Å². The number of hydrogen-bond donors (Lipinski definition) is 1. The van der Waals surface area contributed by atoms with Gasteiger partial charge in [-0.15, -0.1) is 0 Å². The normalized spacial score (nSPS) is 17.2. The summed E-state index contributed by atoms with van der Waals surface area (Å²) >= 11 is 0. The van der Waals surface area contributed by atoms with E-state index >= 15 is 0 Å². The number of anilines is 1. The minimum absolute atomic E-state index is 0.0422. The minimum atomic E-state index is -0.414. The van der Waals surface area contributed by atoms with E-state index in [0.717, 1.165) is 25.1 Å². The van der Waals surface area contributed by atoms with Gasteiger partial charge in [0.1, 0.15) is 5.82 Å². The molecule has 0 unspecified atom stereocenters. The molecule has 2 heterocycles. The standard InChI is InChI=1S/C17H20FN3O/c1-2-6-16-15-9-5-10-20(15)11-12-21(16)17(22)19-14-8-4-3-7-13(14)18/h3-5,7-10,16H,2,6,11-12H2,1H3,(H,19,22)/t16-/m1/s1. The second kappa shape index (κ2) is 6.22. The van der Waals surface area contributed by atoms with E-state index in [1.54, 1.807) is 18.2 Å². The Kier molecular flexibility index (Phi) is 4.13. The average Bonchev–Trinajstić information content (AvgIpc) is 2.99. The Morgan fingerprint density at radius 1 is 1.27 bits per heavy atom. The van der Waals surface area contributed by atoms with Crippen molar-refractivity contribution in [3.8, 4) is 0 Å². The number of nitrogens with one attached hydrogen (secondary N) is 1. The number of halogens is 1. The molecule has 1 aromatic heterocycles. The van der Waals surface area contributed by atoms with E-state index in [-0.39, 0.29) is 17.8 Å². The number of carbonyl (C=O) groups excluding carboxylic acids is 1. The van der Waals surface area contributed by atoms with Gasteiger partial charge in [-0.1, -0.05) is 25.5 Å². The molecule has 1 N–H and O–H groups in total. The summed E-state index contributed by atoms with van der Waals surface area (Å²) in [5.74, 6) is -0.414. The third-order valence-electron chi connectivity index (χ3n) is 4.10. The molecule has 1 aliphatic heterocycles. The zero-order valence-electron chi connectivity index (χ0n) is 12.6. The van der Waals surface area contributed by atoms with Crippen LogP contribution in [0.25, 0.3) is 0 Å². The van der Waals surface area contributed by atoms with Crippen LogP contribution in [0.3, 0.4) is 0 Å². The van der Waals surface area contributed by atoms with Gasteiger partial charge in [0.05, 0.1) is 11.7 Å². The van der Waals surface area contributed by atoms with E-state index < -0.39 is 5.82 Å². The summed E-state index contributed by atoms with van der Waals surface area (Å²) in [5.41, 5.74) is 1.38. The van der Waals surface area contributed by atoms with Crippen LogP contribution in [-0.2, 0) is 6.54 Å². The quantitative estimate of drug-likeness (QED) is 0.913. The second-order valence-electron chi connectivity index (χ2n) is 5.53. The SMILES string of the molecule is CCC[C@@H]1c2cccn2CCN1C(=O)Nc1ccccc1F. The fourth-order valence-electron chi connectivity index (χ4n) is 3.03. The Labute approximate surface area is 129 Å². The molecule has 1 aliphatic rings. The molecule has 0 fully saturated rings. The summed E-state index contributed by atoms with van der Waals surface area (Å²) in [6, 6.07) is 10.1. The molecule has 5 heteroatoms. The average molecular weight is 301 g/mol. The van der Waals surface area contributed by atoms with Crippen LogP contribution in [0.5, 0.6) is 0 Å². The van der Waals surface area contributed by atoms with Gasteiger partial charge in [-0.3, -0.25) is 0 Å². The molecule has 4 nitrogen and oxygen atoms in total. The first-order valence-corrected chi connectivity index (χ1v) is 7.68. The molecule has 22 heavy (non-hydrogen) atoms. The van der Waals surface area contributed by atoms with Gasteiger partial charge in [-0.25, -0.2) is 9.18 Å². The van der Waals surface area contributed by atoms with Crippen LogP contribution >= 0.6 is 0 Å². The van der Waals surface area contributed by atoms with Crippen LogP contribution in [0, 0.1) is 5.82 Å². The highest BCUT2D eigenvalue weighted by atomic mass is 19.1. The number of para-hydroxylation sites is 1. The Bertz CT molecular complexity index is 667. The monoisotopic (exact) mass is 301 g/mol. The maximum atomic E-state index is 13.7. The minimum Gasteiger partial charge on any atom is -0.348 e. The van der Waals surface area contributed by atoms with Gasteiger partial charge in [-0.2, -0.15) is 0 Å². The summed E-state index contributed by atoms with van der Waals surface area (Å²) in [7, 11) is 0. The lowest BCUT2D eigenvalue weighted by Crippen LogP contribution is -2.44. The van der Waals surface area contributed by atoms with Gasteiger partial charge in [0.15, 0.2) is 0 Å². The summed E-state index contributed by atoms with van der Waals surface area (Å²) in [6.07, 6.45) is 3.93. The Morgan fingerprint density at radius 3 is 2.86 bits per heavy atom. The lowest BCUT2D eigenvalue weighted by atomic mass is 10.0. The molecule has 0 spiro atoms. The molecule has 1 atom stereocenters. The van der Waals surface area contributed by atoms with Gasteiger partial charge >= 0.3 is 6.03 Å². The summed E-state index contributed by atoms with van der Waals surface area (Å²) in [4.78, 5) is 14.4. The first kappa shape index (κ1) is 14.6. The Morgan fingerprint density at radius 2 is 2.09 bits per heavy atom. The molecule has 0 aliphatic carbocycles. The highest BCUT2D eigenvalue weighted by Gasteiger charge is 2.30. The number of urea groups is 1. The number of rotatable bonds is 3. The van der Waals surface area contributed by atoms with Crippen molar-refractivity contribution in [3.63, 3.8) is 0 Å².